The van der Waals surface area contributed by atoms with Crippen LogP contribution in [0.5, 0.6) is 0 Å². The molecule has 1 aliphatic rings. The fourth-order valence-corrected chi connectivity index (χ4v) is 6.96. The third-order valence-corrected chi connectivity index (χ3v) is 9.60. The molecule has 0 aliphatic carbocycles. The van der Waals surface area contributed by atoms with E-state index in [0.29, 0.717) is 0 Å². The van der Waals surface area contributed by atoms with Crippen LogP contribution in [0.3, 0.4) is 0 Å². The van der Waals surface area contributed by atoms with Crippen molar-refractivity contribution in [3.05, 3.63) is 86.5 Å². The third kappa shape index (κ3) is 13.5. The summed E-state index contributed by atoms with van der Waals surface area (Å²) in [6, 6.07) is 14.5. The predicted octanol–water partition coefficient (Wildman–Crippen LogP) is 13.8. The smallest absolute Gasteiger partial charge is 0.211 e. The van der Waals surface area contributed by atoms with Crippen LogP contribution in [0, 0.1) is 0 Å². The molecule has 0 amide bonds. The molecule has 1 heterocycles. The number of unbranched alkanes of at least 4 members (excludes halogenated alkanes) is 9. The zero-order valence-electron chi connectivity index (χ0n) is 30.8. The Morgan fingerprint density at radius 2 is 0.702 bits per heavy atom. The first-order valence-electron chi connectivity index (χ1n) is 19.2. The van der Waals surface area contributed by atoms with Gasteiger partial charge in [-0.15, -0.1) is 0 Å². The topological polar surface area (TPSA) is 25.3 Å². The summed E-state index contributed by atoms with van der Waals surface area (Å²) < 4.78 is 1.65. The SMILES string of the molecule is CCCCCCC1=C(c2cc(CCCC)cc(CCCC)c2)[N+](=[N-])C(c2cc(CCCC)cc(CCCC)c2)=C1CCCCC.[Ni].[Pd]. The second kappa shape index (κ2) is 24.8. The number of hydrogen-bond donors (Lipinski definition) is 0. The minimum atomic E-state index is 0. The summed E-state index contributed by atoms with van der Waals surface area (Å²) in [6.45, 7) is 13.7. The van der Waals surface area contributed by atoms with E-state index in [4.69, 9.17) is 0 Å². The monoisotopic (exact) mass is 774 g/mol. The van der Waals surface area contributed by atoms with Crippen LogP contribution >= 0.6 is 0 Å². The van der Waals surface area contributed by atoms with Gasteiger partial charge in [0.25, 0.3) is 0 Å². The third-order valence-electron chi connectivity index (χ3n) is 9.60. The minimum Gasteiger partial charge on any atom is -0.493 e. The molecule has 268 valence electrons. The van der Waals surface area contributed by atoms with Gasteiger partial charge < -0.3 is 5.53 Å². The van der Waals surface area contributed by atoms with E-state index >= 15 is 0 Å². The van der Waals surface area contributed by atoms with E-state index < -0.39 is 0 Å². The number of nitrogens with zero attached hydrogens (tertiary/aromatic N) is 2. The van der Waals surface area contributed by atoms with Crippen LogP contribution in [0.4, 0.5) is 0 Å². The molecule has 0 fully saturated rings. The Bertz CT molecular complexity index is 1220. The van der Waals surface area contributed by atoms with Crippen molar-refractivity contribution in [3.63, 3.8) is 0 Å². The molecule has 3 rings (SSSR count). The summed E-state index contributed by atoms with van der Waals surface area (Å²) in [5, 5.41) is 0. The first-order valence-corrected chi connectivity index (χ1v) is 19.2. The van der Waals surface area contributed by atoms with Crippen LogP contribution in [0.15, 0.2) is 47.5 Å². The quantitative estimate of drug-likeness (QED) is 0.0610. The van der Waals surface area contributed by atoms with Crippen molar-refractivity contribution >= 4 is 11.4 Å². The molecule has 2 nitrogen and oxygen atoms in total. The predicted molar refractivity (Wildman–Crippen MR) is 198 cm³/mol. The number of hydrogen-bond acceptors (Lipinski definition) is 0. The van der Waals surface area contributed by atoms with Gasteiger partial charge in [0, 0.05) is 59.2 Å². The molecule has 47 heavy (non-hydrogen) atoms. The normalized spacial score (nSPS) is 12.9. The second-order valence-corrected chi connectivity index (χ2v) is 13.7. The van der Waals surface area contributed by atoms with Gasteiger partial charge in [-0.1, -0.05) is 111 Å². The van der Waals surface area contributed by atoms with Gasteiger partial charge in [0.2, 0.25) is 11.4 Å². The molecule has 0 atom stereocenters. The van der Waals surface area contributed by atoms with Crippen LogP contribution in [-0.2, 0) is 62.6 Å². The van der Waals surface area contributed by atoms with E-state index in [1.807, 2.05) is 0 Å². The van der Waals surface area contributed by atoms with E-state index in [0.717, 1.165) is 49.9 Å². The molecule has 1 aliphatic heterocycles. The van der Waals surface area contributed by atoms with Crippen LogP contribution in [0.2, 0.25) is 0 Å². The maximum atomic E-state index is 12.4. The van der Waals surface area contributed by atoms with Gasteiger partial charge in [0.05, 0.1) is 0 Å². The van der Waals surface area contributed by atoms with Crippen LogP contribution in [0.25, 0.3) is 16.9 Å². The maximum absolute atomic E-state index is 12.4. The molecule has 0 N–H and O–H groups in total. The van der Waals surface area contributed by atoms with E-state index in [1.165, 1.54) is 141 Å². The van der Waals surface area contributed by atoms with Gasteiger partial charge in [-0.05, 0) is 124 Å². The van der Waals surface area contributed by atoms with E-state index in [2.05, 4.69) is 77.9 Å². The van der Waals surface area contributed by atoms with Gasteiger partial charge in [-0.25, -0.2) is 4.70 Å². The second-order valence-electron chi connectivity index (χ2n) is 13.7. The fraction of sp³-hybridized carbons (Fsp3) is 0.628. The zero-order valence-corrected chi connectivity index (χ0v) is 33.4. The van der Waals surface area contributed by atoms with Crippen LogP contribution in [-0.4, -0.2) is 4.70 Å². The molecule has 4 heteroatoms. The molecule has 0 unspecified atom stereocenters. The van der Waals surface area contributed by atoms with Crippen molar-refractivity contribution in [3.8, 4) is 0 Å². The zero-order chi connectivity index (χ0) is 32.4. The molecule has 2 aromatic carbocycles. The largest absolute Gasteiger partial charge is 0.493 e. The minimum absolute atomic E-state index is 0. The van der Waals surface area contributed by atoms with Crippen LogP contribution in [0.1, 0.15) is 184 Å². The van der Waals surface area contributed by atoms with Crippen molar-refractivity contribution in [2.75, 3.05) is 0 Å². The molecule has 0 aromatic heterocycles. The molecule has 0 spiro atoms. The molecule has 0 saturated carbocycles. The average molecular weight is 776 g/mol. The van der Waals surface area contributed by atoms with Crippen molar-refractivity contribution in [1.82, 2.24) is 0 Å². The summed E-state index contributed by atoms with van der Waals surface area (Å²) in [7, 11) is 0. The average Bonchev–Trinajstić information content (AvgIpc) is 3.33. The van der Waals surface area contributed by atoms with Crippen molar-refractivity contribution in [2.45, 2.75) is 176 Å². The van der Waals surface area contributed by atoms with E-state index in [-0.39, 0.29) is 36.9 Å². The number of rotatable bonds is 23. The Morgan fingerprint density at radius 3 is 1.02 bits per heavy atom. The molecule has 0 saturated heterocycles. The molecular weight excluding hydrogens is 710 g/mol. The molecule has 2 aromatic rings. The molecule has 0 radical (unpaired) electrons. The number of allylic oxidation sites excluding steroid dienone is 2. The number of aryl methyl sites for hydroxylation is 4. The van der Waals surface area contributed by atoms with Gasteiger partial charge in [-0.3, -0.25) is 0 Å². The number of benzene rings is 2. The fourth-order valence-electron chi connectivity index (χ4n) is 6.96. The molecular formula is C43H66N2NiPd. The summed E-state index contributed by atoms with van der Waals surface area (Å²) in [5.74, 6) is 0. The Hall–Kier alpha value is -1.32. The van der Waals surface area contributed by atoms with Gasteiger partial charge >= 0.3 is 0 Å². The first kappa shape index (κ1) is 43.7. The Balaban J connectivity index is 0.00000552. The first-order chi connectivity index (χ1) is 22.0. The summed E-state index contributed by atoms with van der Waals surface area (Å²) in [4.78, 5) is 0. The van der Waals surface area contributed by atoms with E-state index in [9.17, 15) is 5.53 Å². The standard InChI is InChI=1S/C43H66N2.Ni.Pd/c1-7-13-19-21-27-41-40(26-20-14-8-2)42(38-30-34(22-15-9-3)28-35(31-38)23-16-10-4)45(44)43(41)39-32-36(24-17-11-5)29-37(33-39)25-18-12-6;;/h28-33H,7-27H2,1-6H3;;. The van der Waals surface area contributed by atoms with Crippen molar-refractivity contribution < 1.29 is 41.6 Å². The Kier molecular flexibility index (Phi) is 23.0. The van der Waals surface area contributed by atoms with Crippen molar-refractivity contribution in [1.29, 1.82) is 0 Å². The summed E-state index contributed by atoms with van der Waals surface area (Å²) in [5.41, 5.74) is 25.5. The Morgan fingerprint density at radius 1 is 0.404 bits per heavy atom. The van der Waals surface area contributed by atoms with E-state index in [1.54, 1.807) is 4.70 Å². The summed E-state index contributed by atoms with van der Waals surface area (Å²) >= 11 is 0. The van der Waals surface area contributed by atoms with Crippen molar-refractivity contribution in [2.24, 2.45) is 0 Å². The van der Waals surface area contributed by atoms with Crippen LogP contribution < -0.4 is 0 Å². The van der Waals surface area contributed by atoms with Gasteiger partial charge in [0.1, 0.15) is 0 Å². The Labute approximate surface area is 314 Å². The molecule has 0 bridgehead atoms. The van der Waals surface area contributed by atoms with Gasteiger partial charge in [-0.2, -0.15) is 0 Å². The van der Waals surface area contributed by atoms with Gasteiger partial charge in [0.15, 0.2) is 0 Å². The summed E-state index contributed by atoms with van der Waals surface area (Å²) in [6.07, 6.45) is 24.7. The maximum Gasteiger partial charge on any atom is 0.211 e.